The van der Waals surface area contributed by atoms with Gasteiger partial charge in [-0.05, 0) is 60.7 Å². The van der Waals surface area contributed by atoms with Crippen LogP contribution in [0.3, 0.4) is 0 Å². The largest absolute Gasteiger partial charge is 0.449 e. The zero-order chi connectivity index (χ0) is 18.3. The maximum Gasteiger partial charge on any atom is 0.246 e. The van der Waals surface area contributed by atoms with E-state index < -0.39 is 5.79 Å². The SMILES string of the molecule is CC1(C)Oc2ccc(N(c3ccc(Br)cc3)c3ccc(Br)cc3)cc2O1. The molecule has 3 aromatic carbocycles. The molecule has 0 fully saturated rings. The molecular weight excluding hydrogens is 458 g/mol. The third kappa shape index (κ3) is 3.46. The van der Waals surface area contributed by atoms with E-state index in [2.05, 4.69) is 61.0 Å². The molecule has 0 spiro atoms. The van der Waals surface area contributed by atoms with Gasteiger partial charge in [0, 0.05) is 40.2 Å². The fourth-order valence-corrected chi connectivity index (χ4v) is 3.51. The van der Waals surface area contributed by atoms with E-state index in [4.69, 9.17) is 9.47 Å². The molecule has 3 aromatic rings. The van der Waals surface area contributed by atoms with Crippen LogP contribution in [0.5, 0.6) is 11.5 Å². The highest BCUT2D eigenvalue weighted by molar-refractivity contribution is 9.10. The molecule has 0 N–H and O–H groups in total. The lowest BCUT2D eigenvalue weighted by molar-refractivity contribution is -0.0431. The predicted octanol–water partition coefficient (Wildman–Crippen LogP) is 7.19. The first-order valence-corrected chi connectivity index (χ1v) is 9.83. The summed E-state index contributed by atoms with van der Waals surface area (Å²) in [6.07, 6.45) is 0. The Bertz CT molecular complexity index is 892. The first kappa shape index (κ1) is 17.4. The van der Waals surface area contributed by atoms with E-state index in [0.717, 1.165) is 37.5 Å². The molecule has 0 saturated heterocycles. The summed E-state index contributed by atoms with van der Waals surface area (Å²) < 4.78 is 13.8. The topological polar surface area (TPSA) is 21.7 Å². The van der Waals surface area contributed by atoms with Crippen molar-refractivity contribution in [2.24, 2.45) is 0 Å². The van der Waals surface area contributed by atoms with Crippen LogP contribution in [0.2, 0.25) is 0 Å². The van der Waals surface area contributed by atoms with Crippen molar-refractivity contribution in [1.29, 1.82) is 0 Å². The molecule has 3 nitrogen and oxygen atoms in total. The van der Waals surface area contributed by atoms with Crippen LogP contribution in [0.15, 0.2) is 75.7 Å². The quantitative estimate of drug-likeness (QED) is 0.401. The standard InChI is InChI=1S/C21H17Br2NO2/c1-21(2)25-19-12-11-18(13-20(19)26-21)24(16-7-3-14(22)4-8-16)17-9-5-15(23)6-10-17/h3-13H,1-2H3. The van der Waals surface area contributed by atoms with Crippen molar-refractivity contribution in [2.45, 2.75) is 19.6 Å². The Labute approximate surface area is 169 Å². The number of anilines is 3. The van der Waals surface area contributed by atoms with Gasteiger partial charge in [-0.15, -0.1) is 0 Å². The molecule has 1 heterocycles. The Kier molecular flexibility index (Phi) is 4.45. The van der Waals surface area contributed by atoms with Gasteiger partial charge in [0.25, 0.3) is 0 Å². The second-order valence-corrected chi connectivity index (χ2v) is 8.35. The summed E-state index contributed by atoms with van der Waals surface area (Å²) in [6.45, 7) is 3.82. The normalized spacial score (nSPS) is 14.3. The average molecular weight is 475 g/mol. The molecule has 1 aliphatic heterocycles. The Balaban J connectivity index is 1.81. The van der Waals surface area contributed by atoms with Gasteiger partial charge in [0.2, 0.25) is 5.79 Å². The zero-order valence-corrected chi connectivity index (χ0v) is 17.5. The van der Waals surface area contributed by atoms with E-state index in [1.807, 2.05) is 56.3 Å². The van der Waals surface area contributed by atoms with E-state index >= 15 is 0 Å². The van der Waals surface area contributed by atoms with Crippen LogP contribution in [-0.2, 0) is 0 Å². The highest BCUT2D eigenvalue weighted by Crippen LogP contribution is 2.44. The number of ether oxygens (including phenoxy) is 2. The van der Waals surface area contributed by atoms with Gasteiger partial charge in [-0.3, -0.25) is 0 Å². The molecule has 0 amide bonds. The van der Waals surface area contributed by atoms with E-state index in [-0.39, 0.29) is 0 Å². The lowest BCUT2D eigenvalue weighted by Crippen LogP contribution is -2.29. The Morgan fingerprint density at radius 3 is 1.65 bits per heavy atom. The van der Waals surface area contributed by atoms with Crippen molar-refractivity contribution < 1.29 is 9.47 Å². The van der Waals surface area contributed by atoms with Crippen LogP contribution in [0.1, 0.15) is 13.8 Å². The second-order valence-electron chi connectivity index (χ2n) is 6.52. The average Bonchev–Trinajstić information content (AvgIpc) is 2.91. The maximum absolute atomic E-state index is 5.93. The lowest BCUT2D eigenvalue weighted by atomic mass is 10.2. The van der Waals surface area contributed by atoms with Gasteiger partial charge in [-0.2, -0.15) is 0 Å². The summed E-state index contributed by atoms with van der Waals surface area (Å²) in [5.41, 5.74) is 3.14. The molecule has 5 heteroatoms. The van der Waals surface area contributed by atoms with Crippen molar-refractivity contribution in [3.63, 3.8) is 0 Å². The molecule has 26 heavy (non-hydrogen) atoms. The maximum atomic E-state index is 5.93. The van der Waals surface area contributed by atoms with Crippen LogP contribution in [-0.4, -0.2) is 5.79 Å². The summed E-state index contributed by atoms with van der Waals surface area (Å²) in [4.78, 5) is 2.19. The van der Waals surface area contributed by atoms with Crippen molar-refractivity contribution >= 4 is 48.9 Å². The number of fused-ring (bicyclic) bond motifs is 1. The van der Waals surface area contributed by atoms with Crippen LogP contribution >= 0.6 is 31.9 Å². The molecule has 1 aliphatic rings. The summed E-state index contributed by atoms with van der Waals surface area (Å²) in [5.74, 6) is 0.887. The minimum absolute atomic E-state index is 0.638. The minimum atomic E-state index is -0.638. The number of rotatable bonds is 3. The van der Waals surface area contributed by atoms with Crippen molar-refractivity contribution in [1.82, 2.24) is 0 Å². The molecule has 0 aromatic heterocycles. The number of hydrogen-bond donors (Lipinski definition) is 0. The number of benzene rings is 3. The first-order valence-electron chi connectivity index (χ1n) is 8.25. The molecule has 4 rings (SSSR count). The molecular formula is C21H17Br2NO2. The summed E-state index contributed by atoms with van der Waals surface area (Å²) in [7, 11) is 0. The van der Waals surface area contributed by atoms with Gasteiger partial charge in [0.05, 0.1) is 5.69 Å². The highest BCUT2D eigenvalue weighted by Gasteiger charge is 2.32. The lowest BCUT2D eigenvalue weighted by Gasteiger charge is -2.25. The van der Waals surface area contributed by atoms with Crippen LogP contribution in [0.25, 0.3) is 0 Å². The van der Waals surface area contributed by atoms with Gasteiger partial charge in [0.15, 0.2) is 11.5 Å². The van der Waals surface area contributed by atoms with Crippen molar-refractivity contribution in [3.8, 4) is 11.5 Å². The van der Waals surface area contributed by atoms with Gasteiger partial charge in [0.1, 0.15) is 0 Å². The summed E-state index contributed by atoms with van der Waals surface area (Å²) in [5, 5.41) is 0. The molecule has 0 bridgehead atoms. The molecule has 0 unspecified atom stereocenters. The van der Waals surface area contributed by atoms with Crippen molar-refractivity contribution in [2.75, 3.05) is 4.90 Å². The zero-order valence-electron chi connectivity index (χ0n) is 14.4. The summed E-state index contributed by atoms with van der Waals surface area (Å²) in [6, 6.07) is 22.5. The van der Waals surface area contributed by atoms with Gasteiger partial charge < -0.3 is 14.4 Å². The van der Waals surface area contributed by atoms with Crippen LogP contribution < -0.4 is 14.4 Å². The van der Waals surface area contributed by atoms with Gasteiger partial charge in [-0.25, -0.2) is 0 Å². The monoisotopic (exact) mass is 473 g/mol. The third-order valence-electron chi connectivity index (χ3n) is 4.07. The molecule has 0 aliphatic carbocycles. The molecule has 0 saturated carbocycles. The van der Waals surface area contributed by atoms with Gasteiger partial charge >= 0.3 is 0 Å². The molecule has 132 valence electrons. The Morgan fingerprint density at radius 2 is 1.12 bits per heavy atom. The van der Waals surface area contributed by atoms with Crippen LogP contribution in [0.4, 0.5) is 17.1 Å². The Morgan fingerprint density at radius 1 is 0.654 bits per heavy atom. The smallest absolute Gasteiger partial charge is 0.246 e. The van der Waals surface area contributed by atoms with Gasteiger partial charge in [-0.1, -0.05) is 31.9 Å². The van der Waals surface area contributed by atoms with Crippen LogP contribution in [0, 0.1) is 0 Å². The predicted molar refractivity (Wildman–Crippen MR) is 112 cm³/mol. The number of hydrogen-bond acceptors (Lipinski definition) is 3. The molecule has 0 atom stereocenters. The Hall–Kier alpha value is -1.98. The fraction of sp³-hybridized carbons (Fsp3) is 0.143. The first-order chi connectivity index (χ1) is 12.4. The van der Waals surface area contributed by atoms with E-state index in [1.54, 1.807) is 0 Å². The summed E-state index contributed by atoms with van der Waals surface area (Å²) >= 11 is 7.02. The van der Waals surface area contributed by atoms with E-state index in [9.17, 15) is 0 Å². The van der Waals surface area contributed by atoms with E-state index in [0.29, 0.717) is 0 Å². The second kappa shape index (κ2) is 6.63. The fourth-order valence-electron chi connectivity index (χ4n) is 2.98. The molecule has 0 radical (unpaired) electrons. The van der Waals surface area contributed by atoms with E-state index in [1.165, 1.54) is 0 Å². The number of nitrogens with zero attached hydrogens (tertiary/aromatic N) is 1. The number of halogens is 2. The minimum Gasteiger partial charge on any atom is -0.449 e. The highest BCUT2D eigenvalue weighted by atomic mass is 79.9. The third-order valence-corrected chi connectivity index (χ3v) is 5.12. The van der Waals surface area contributed by atoms with Crippen molar-refractivity contribution in [3.05, 3.63) is 75.7 Å².